The normalized spacial score (nSPS) is 26.1. The van der Waals surface area contributed by atoms with Gasteiger partial charge in [-0.3, -0.25) is 9.78 Å². The molecule has 1 aliphatic heterocycles. The molecule has 2 heterocycles. The molecule has 0 aromatic carbocycles. The van der Waals surface area contributed by atoms with Gasteiger partial charge in [0.2, 0.25) is 15.9 Å². The Hall–Kier alpha value is -1.47. The van der Waals surface area contributed by atoms with E-state index in [1.54, 1.807) is 10.5 Å². The molecule has 2 saturated carbocycles. The lowest BCUT2D eigenvalue weighted by Gasteiger charge is -2.37. The highest BCUT2D eigenvalue weighted by Gasteiger charge is 2.54. The lowest BCUT2D eigenvalue weighted by Crippen LogP contribution is -2.42. The van der Waals surface area contributed by atoms with E-state index in [1.165, 1.54) is 6.42 Å². The van der Waals surface area contributed by atoms with Crippen LogP contribution in [0, 0.1) is 11.3 Å². The number of pyridine rings is 1. The summed E-state index contributed by atoms with van der Waals surface area (Å²) in [6.07, 6.45) is 8.49. The molecule has 1 N–H and O–H groups in total. The molecule has 2 aliphatic carbocycles. The van der Waals surface area contributed by atoms with Gasteiger partial charge in [-0.25, -0.2) is 12.7 Å². The van der Waals surface area contributed by atoms with Gasteiger partial charge >= 0.3 is 0 Å². The lowest BCUT2D eigenvalue weighted by atomic mass is 9.67. The van der Waals surface area contributed by atoms with Crippen molar-refractivity contribution in [1.82, 2.24) is 14.6 Å². The number of sulfonamides is 1. The molecule has 142 valence electrons. The van der Waals surface area contributed by atoms with Gasteiger partial charge in [0.25, 0.3) is 0 Å². The van der Waals surface area contributed by atoms with Crippen LogP contribution in [0.1, 0.15) is 50.6 Å². The maximum atomic E-state index is 13.0. The summed E-state index contributed by atoms with van der Waals surface area (Å²) in [5.74, 6) is -0.272. The molecule has 1 atom stereocenters. The highest BCUT2D eigenvalue weighted by molar-refractivity contribution is 7.90. The van der Waals surface area contributed by atoms with Gasteiger partial charge < -0.3 is 5.32 Å². The van der Waals surface area contributed by atoms with Gasteiger partial charge in [0.15, 0.2) is 0 Å². The van der Waals surface area contributed by atoms with Crippen molar-refractivity contribution in [2.45, 2.75) is 56.7 Å². The zero-order chi connectivity index (χ0) is 18.2. The molecule has 1 spiro atoms. The molecule has 6 nitrogen and oxygen atoms in total. The van der Waals surface area contributed by atoms with Crippen molar-refractivity contribution in [3.05, 3.63) is 30.1 Å². The fourth-order valence-corrected chi connectivity index (χ4v) is 6.57. The maximum absolute atomic E-state index is 13.0. The number of hydrogen-bond acceptors (Lipinski definition) is 4. The van der Waals surface area contributed by atoms with E-state index in [-0.39, 0.29) is 22.5 Å². The van der Waals surface area contributed by atoms with Gasteiger partial charge in [-0.15, -0.1) is 0 Å². The first kappa shape index (κ1) is 17.9. The van der Waals surface area contributed by atoms with Gasteiger partial charge in [-0.1, -0.05) is 25.3 Å². The minimum absolute atomic E-state index is 0.0222. The predicted octanol–water partition coefficient (Wildman–Crippen LogP) is 2.07. The summed E-state index contributed by atoms with van der Waals surface area (Å²) in [6.45, 7) is 1.25. The minimum Gasteiger partial charge on any atom is -0.350 e. The summed E-state index contributed by atoms with van der Waals surface area (Å²) >= 11 is 0. The Morgan fingerprint density at radius 1 is 1.23 bits per heavy atom. The first-order chi connectivity index (χ1) is 12.5. The average Bonchev–Trinajstić information content (AvgIpc) is 3.45. The average molecular weight is 378 g/mol. The van der Waals surface area contributed by atoms with Crippen molar-refractivity contribution in [3.8, 4) is 0 Å². The fourth-order valence-electron chi connectivity index (χ4n) is 4.62. The summed E-state index contributed by atoms with van der Waals surface area (Å²) in [5, 5.41) is 2.80. The van der Waals surface area contributed by atoms with E-state index < -0.39 is 10.0 Å². The monoisotopic (exact) mass is 377 g/mol. The van der Waals surface area contributed by atoms with E-state index in [1.807, 2.05) is 18.2 Å². The Bertz CT molecular complexity index is 755. The number of amides is 1. The van der Waals surface area contributed by atoms with E-state index in [9.17, 15) is 13.2 Å². The van der Waals surface area contributed by atoms with Gasteiger partial charge in [0, 0.05) is 19.3 Å². The second-order valence-corrected chi connectivity index (χ2v) is 10.3. The molecule has 0 bridgehead atoms. The van der Waals surface area contributed by atoms with Crippen LogP contribution < -0.4 is 5.32 Å². The first-order valence-electron chi connectivity index (χ1n) is 9.68. The second-order valence-electron chi connectivity index (χ2n) is 8.05. The van der Waals surface area contributed by atoms with Crippen LogP contribution in [0.4, 0.5) is 0 Å². The molecule has 1 aromatic heterocycles. The summed E-state index contributed by atoms with van der Waals surface area (Å²) in [6, 6.07) is 5.63. The smallest absolute Gasteiger partial charge is 0.225 e. The molecular formula is C19H27N3O3S. The number of rotatable bonds is 5. The van der Waals surface area contributed by atoms with Gasteiger partial charge in [-0.2, -0.15) is 0 Å². The molecule has 3 aliphatic rings. The maximum Gasteiger partial charge on any atom is 0.225 e. The van der Waals surface area contributed by atoms with Crippen LogP contribution in [0.2, 0.25) is 0 Å². The van der Waals surface area contributed by atoms with Crippen LogP contribution >= 0.6 is 0 Å². The van der Waals surface area contributed by atoms with E-state index >= 15 is 0 Å². The predicted molar refractivity (Wildman–Crippen MR) is 98.6 cm³/mol. The Morgan fingerprint density at radius 2 is 2.00 bits per heavy atom. The molecule has 1 amide bonds. The molecule has 26 heavy (non-hydrogen) atoms. The number of nitrogens with zero attached hydrogens (tertiary/aromatic N) is 2. The Morgan fingerprint density at radius 3 is 2.65 bits per heavy atom. The highest BCUT2D eigenvalue weighted by Crippen LogP contribution is 2.49. The van der Waals surface area contributed by atoms with Crippen LogP contribution in [0.5, 0.6) is 0 Å². The third-order valence-electron chi connectivity index (χ3n) is 6.26. The Balaban J connectivity index is 1.50. The van der Waals surface area contributed by atoms with Crippen LogP contribution in [-0.4, -0.2) is 42.0 Å². The molecule has 0 unspecified atom stereocenters. The summed E-state index contributed by atoms with van der Waals surface area (Å²) < 4.78 is 27.1. The SMILES string of the molecule is O=C(NCc1ccccn1)[C@H]1CN(S(=O)(=O)C2CC2)CC12CCCCC2. The van der Waals surface area contributed by atoms with Crippen molar-refractivity contribution in [2.24, 2.45) is 11.3 Å². The fraction of sp³-hybridized carbons (Fsp3) is 0.684. The number of hydrogen-bond donors (Lipinski definition) is 1. The molecule has 1 aromatic rings. The van der Waals surface area contributed by atoms with Crippen molar-refractivity contribution in [1.29, 1.82) is 0 Å². The lowest BCUT2D eigenvalue weighted by molar-refractivity contribution is -0.128. The first-order valence-corrected chi connectivity index (χ1v) is 11.2. The number of aromatic nitrogens is 1. The number of carbonyl (C=O) groups excluding carboxylic acids is 1. The van der Waals surface area contributed by atoms with E-state index in [0.717, 1.165) is 44.2 Å². The molecule has 4 rings (SSSR count). The third-order valence-corrected chi connectivity index (χ3v) is 8.57. The van der Waals surface area contributed by atoms with Crippen LogP contribution in [0.25, 0.3) is 0 Å². The van der Waals surface area contributed by atoms with E-state index in [4.69, 9.17) is 0 Å². The van der Waals surface area contributed by atoms with Crippen LogP contribution in [0.15, 0.2) is 24.4 Å². The quantitative estimate of drug-likeness (QED) is 0.852. The number of carbonyl (C=O) groups is 1. The molecule has 7 heteroatoms. The topological polar surface area (TPSA) is 79.4 Å². The summed E-state index contributed by atoms with van der Waals surface area (Å²) in [7, 11) is -3.23. The molecule has 3 fully saturated rings. The van der Waals surface area contributed by atoms with Gasteiger partial charge in [0.05, 0.1) is 23.4 Å². The number of nitrogens with one attached hydrogen (secondary N) is 1. The van der Waals surface area contributed by atoms with E-state index in [2.05, 4.69) is 10.3 Å². The minimum atomic E-state index is -3.23. The molecular weight excluding hydrogens is 350 g/mol. The van der Waals surface area contributed by atoms with Crippen LogP contribution in [0.3, 0.4) is 0 Å². The summed E-state index contributed by atoms with van der Waals surface area (Å²) in [5.41, 5.74) is 0.632. The largest absolute Gasteiger partial charge is 0.350 e. The van der Waals surface area contributed by atoms with Gasteiger partial charge in [0.1, 0.15) is 0 Å². The zero-order valence-electron chi connectivity index (χ0n) is 15.1. The third kappa shape index (κ3) is 3.39. The highest BCUT2D eigenvalue weighted by atomic mass is 32.2. The van der Waals surface area contributed by atoms with Gasteiger partial charge in [-0.05, 0) is 43.2 Å². The van der Waals surface area contributed by atoms with Crippen molar-refractivity contribution >= 4 is 15.9 Å². The van der Waals surface area contributed by atoms with Crippen molar-refractivity contribution < 1.29 is 13.2 Å². The standard InChI is InChI=1S/C19H27N3O3S/c23-18(21-12-15-6-2-5-11-20-15)17-13-22(26(24,25)16-7-8-16)14-19(17)9-3-1-4-10-19/h2,5-6,11,16-17H,1,3-4,7-10,12-14H2,(H,21,23)/t17-/m1/s1. The van der Waals surface area contributed by atoms with E-state index in [0.29, 0.717) is 19.6 Å². The molecule has 0 radical (unpaired) electrons. The Labute approximate surface area is 155 Å². The molecule has 1 saturated heterocycles. The summed E-state index contributed by atoms with van der Waals surface area (Å²) in [4.78, 5) is 17.2. The zero-order valence-corrected chi connectivity index (χ0v) is 15.9. The van der Waals surface area contributed by atoms with Crippen LogP contribution in [-0.2, 0) is 21.4 Å². The van der Waals surface area contributed by atoms with Crippen molar-refractivity contribution in [2.75, 3.05) is 13.1 Å². The Kier molecular flexibility index (Phi) is 4.77. The second kappa shape index (κ2) is 6.93. The van der Waals surface area contributed by atoms with Crippen molar-refractivity contribution in [3.63, 3.8) is 0 Å².